The molecular formula is C17H13BrClNO2. The summed E-state index contributed by atoms with van der Waals surface area (Å²) in [7, 11) is 3.16. The highest BCUT2D eigenvalue weighted by Crippen LogP contribution is 2.35. The molecule has 0 fully saturated rings. The Balaban J connectivity index is 2.55. The molecular weight excluding hydrogens is 366 g/mol. The normalized spacial score (nSPS) is 11.0. The van der Waals surface area contributed by atoms with Crippen LogP contribution in [0.15, 0.2) is 40.9 Å². The third-order valence-corrected chi connectivity index (χ3v) is 3.91. The summed E-state index contributed by atoms with van der Waals surface area (Å²) in [6.45, 7) is 0. The first kappa shape index (κ1) is 16.4. The highest BCUT2D eigenvalue weighted by Gasteiger charge is 2.10. The number of hydrogen-bond acceptors (Lipinski definition) is 3. The van der Waals surface area contributed by atoms with E-state index in [-0.39, 0.29) is 0 Å². The van der Waals surface area contributed by atoms with Crippen LogP contribution < -0.4 is 9.47 Å². The maximum atomic E-state index is 9.43. The highest BCUT2D eigenvalue weighted by atomic mass is 79.9. The summed E-state index contributed by atoms with van der Waals surface area (Å²) < 4.78 is 11.4. The maximum absolute atomic E-state index is 9.43. The number of rotatable bonds is 4. The minimum atomic E-state index is 0.498. The number of methoxy groups -OCH3 is 2. The van der Waals surface area contributed by atoms with Crippen molar-refractivity contribution in [3.05, 3.63) is 57.0 Å². The van der Waals surface area contributed by atoms with Crippen LogP contribution >= 0.6 is 27.5 Å². The fourth-order valence-corrected chi connectivity index (χ4v) is 2.70. The Bertz CT molecular complexity index is 766. The lowest BCUT2D eigenvalue weighted by Crippen LogP contribution is -1.92. The van der Waals surface area contributed by atoms with Gasteiger partial charge >= 0.3 is 0 Å². The SMILES string of the molecule is COc1cc(OC)c(/C=C(/C#N)c2cccc(Cl)c2)cc1Br. The number of benzene rings is 2. The van der Waals surface area contributed by atoms with E-state index >= 15 is 0 Å². The Hall–Kier alpha value is -1.96. The van der Waals surface area contributed by atoms with E-state index in [4.69, 9.17) is 21.1 Å². The molecule has 0 saturated carbocycles. The molecule has 2 aromatic rings. The zero-order chi connectivity index (χ0) is 16.1. The Kier molecular flexibility index (Phi) is 5.48. The van der Waals surface area contributed by atoms with Gasteiger partial charge in [0.05, 0.1) is 30.3 Å². The second-order valence-corrected chi connectivity index (χ2v) is 5.70. The van der Waals surface area contributed by atoms with Gasteiger partial charge in [0.1, 0.15) is 11.5 Å². The molecule has 2 aromatic carbocycles. The minimum absolute atomic E-state index is 0.498. The molecule has 0 aliphatic rings. The number of allylic oxidation sites excluding steroid dienone is 1. The van der Waals surface area contributed by atoms with E-state index in [0.717, 1.165) is 15.6 Å². The summed E-state index contributed by atoms with van der Waals surface area (Å²) in [6, 6.07) is 13.0. The van der Waals surface area contributed by atoms with E-state index in [0.29, 0.717) is 22.1 Å². The van der Waals surface area contributed by atoms with Crippen LogP contribution in [0.3, 0.4) is 0 Å². The molecule has 0 radical (unpaired) electrons. The van der Waals surface area contributed by atoms with Crippen molar-refractivity contribution in [3.63, 3.8) is 0 Å². The van der Waals surface area contributed by atoms with Gasteiger partial charge < -0.3 is 9.47 Å². The van der Waals surface area contributed by atoms with E-state index < -0.39 is 0 Å². The third kappa shape index (κ3) is 3.62. The van der Waals surface area contributed by atoms with Gasteiger partial charge in [-0.3, -0.25) is 0 Å². The van der Waals surface area contributed by atoms with Gasteiger partial charge in [0.2, 0.25) is 0 Å². The molecule has 0 aromatic heterocycles. The lowest BCUT2D eigenvalue weighted by atomic mass is 10.0. The average Bonchev–Trinajstić information content (AvgIpc) is 2.52. The molecule has 2 rings (SSSR count). The molecule has 5 heteroatoms. The van der Waals surface area contributed by atoms with E-state index in [1.54, 1.807) is 38.5 Å². The fraction of sp³-hybridized carbons (Fsp3) is 0.118. The van der Waals surface area contributed by atoms with E-state index in [2.05, 4.69) is 22.0 Å². The molecule has 3 nitrogen and oxygen atoms in total. The highest BCUT2D eigenvalue weighted by molar-refractivity contribution is 9.10. The monoisotopic (exact) mass is 377 g/mol. The number of hydrogen-bond donors (Lipinski definition) is 0. The van der Waals surface area contributed by atoms with Gasteiger partial charge in [-0.2, -0.15) is 5.26 Å². The van der Waals surface area contributed by atoms with Crippen LogP contribution in [0.25, 0.3) is 11.6 Å². The Morgan fingerprint density at radius 1 is 1.18 bits per heavy atom. The Morgan fingerprint density at radius 2 is 1.91 bits per heavy atom. The van der Waals surface area contributed by atoms with Gasteiger partial charge in [0, 0.05) is 16.7 Å². The molecule has 22 heavy (non-hydrogen) atoms. The van der Waals surface area contributed by atoms with Crippen molar-refractivity contribution in [2.24, 2.45) is 0 Å². The summed E-state index contributed by atoms with van der Waals surface area (Å²) in [4.78, 5) is 0. The number of ether oxygens (including phenoxy) is 2. The van der Waals surface area contributed by atoms with Crippen molar-refractivity contribution in [2.45, 2.75) is 0 Å². The summed E-state index contributed by atoms with van der Waals surface area (Å²) in [5.41, 5.74) is 2.02. The van der Waals surface area contributed by atoms with E-state index in [1.807, 2.05) is 18.2 Å². The standard InChI is InChI=1S/C17H13BrClNO2/c1-21-16-9-17(22-2)15(18)8-12(16)6-13(10-20)11-4-3-5-14(19)7-11/h3-9H,1-2H3/b13-6-. The molecule has 0 bridgehead atoms. The Labute approximate surface area is 142 Å². The average molecular weight is 379 g/mol. The van der Waals surface area contributed by atoms with E-state index in [9.17, 15) is 5.26 Å². The van der Waals surface area contributed by atoms with Gasteiger partial charge in [0.25, 0.3) is 0 Å². The number of nitrogens with zero attached hydrogens (tertiary/aromatic N) is 1. The van der Waals surface area contributed by atoms with Crippen molar-refractivity contribution in [1.82, 2.24) is 0 Å². The first-order valence-corrected chi connectivity index (χ1v) is 7.55. The van der Waals surface area contributed by atoms with E-state index in [1.165, 1.54) is 0 Å². The lowest BCUT2D eigenvalue weighted by molar-refractivity contribution is 0.392. The number of nitriles is 1. The first-order valence-electron chi connectivity index (χ1n) is 6.38. The number of halogens is 2. The molecule has 0 unspecified atom stereocenters. The van der Waals surface area contributed by atoms with Crippen molar-refractivity contribution in [2.75, 3.05) is 14.2 Å². The summed E-state index contributed by atoms with van der Waals surface area (Å²) in [5, 5.41) is 10.0. The topological polar surface area (TPSA) is 42.2 Å². The van der Waals surface area contributed by atoms with Crippen LogP contribution in [0.5, 0.6) is 11.5 Å². The molecule has 0 spiro atoms. The first-order chi connectivity index (χ1) is 10.6. The van der Waals surface area contributed by atoms with Gasteiger partial charge in [-0.05, 0) is 45.8 Å². The van der Waals surface area contributed by atoms with Crippen LogP contribution in [-0.4, -0.2) is 14.2 Å². The largest absolute Gasteiger partial charge is 0.496 e. The van der Waals surface area contributed by atoms with Gasteiger partial charge in [-0.15, -0.1) is 0 Å². The molecule has 0 saturated heterocycles. The zero-order valence-corrected chi connectivity index (χ0v) is 14.4. The minimum Gasteiger partial charge on any atom is -0.496 e. The van der Waals surface area contributed by atoms with Crippen LogP contribution in [0.1, 0.15) is 11.1 Å². The molecule has 112 valence electrons. The van der Waals surface area contributed by atoms with Crippen LogP contribution in [0.2, 0.25) is 5.02 Å². The quantitative estimate of drug-likeness (QED) is 0.543. The van der Waals surface area contributed by atoms with Gasteiger partial charge in [0.15, 0.2) is 0 Å². The lowest BCUT2D eigenvalue weighted by Gasteiger charge is -2.10. The van der Waals surface area contributed by atoms with Crippen LogP contribution in [0.4, 0.5) is 0 Å². The zero-order valence-electron chi connectivity index (χ0n) is 12.1. The molecule has 0 atom stereocenters. The van der Waals surface area contributed by atoms with Crippen molar-refractivity contribution in [3.8, 4) is 17.6 Å². The molecule has 0 N–H and O–H groups in total. The molecule has 0 aliphatic heterocycles. The smallest absolute Gasteiger partial charge is 0.136 e. The molecule has 0 amide bonds. The Morgan fingerprint density at radius 3 is 2.50 bits per heavy atom. The summed E-state index contributed by atoms with van der Waals surface area (Å²) in [5.74, 6) is 1.28. The van der Waals surface area contributed by atoms with Crippen LogP contribution in [-0.2, 0) is 0 Å². The van der Waals surface area contributed by atoms with Crippen molar-refractivity contribution < 1.29 is 9.47 Å². The second-order valence-electron chi connectivity index (χ2n) is 4.41. The van der Waals surface area contributed by atoms with Gasteiger partial charge in [-0.25, -0.2) is 0 Å². The maximum Gasteiger partial charge on any atom is 0.136 e. The van der Waals surface area contributed by atoms with Crippen molar-refractivity contribution in [1.29, 1.82) is 5.26 Å². The predicted molar refractivity (Wildman–Crippen MR) is 92.2 cm³/mol. The van der Waals surface area contributed by atoms with Gasteiger partial charge in [-0.1, -0.05) is 23.7 Å². The van der Waals surface area contributed by atoms with Crippen LogP contribution in [0, 0.1) is 11.3 Å². The van der Waals surface area contributed by atoms with Crippen molar-refractivity contribution >= 4 is 39.2 Å². The third-order valence-electron chi connectivity index (χ3n) is 3.06. The predicted octanol–water partition coefficient (Wildman–Crippen LogP) is 5.18. The molecule has 0 aliphatic carbocycles. The summed E-state index contributed by atoms with van der Waals surface area (Å²) in [6.07, 6.45) is 1.76. The summed E-state index contributed by atoms with van der Waals surface area (Å²) >= 11 is 9.42. The molecule has 0 heterocycles. The fourth-order valence-electron chi connectivity index (χ4n) is 1.99. The second kappa shape index (κ2) is 7.35.